The molecule has 3 aromatic carbocycles. The summed E-state index contributed by atoms with van der Waals surface area (Å²) in [4.78, 5) is 15.3. The van der Waals surface area contributed by atoms with Gasteiger partial charge >= 0.3 is 0 Å². The Labute approximate surface area is 189 Å². The maximum atomic E-state index is 14.7. The van der Waals surface area contributed by atoms with Gasteiger partial charge in [0.1, 0.15) is 5.82 Å². The number of aryl methyl sites for hydroxylation is 2. The predicted octanol–water partition coefficient (Wildman–Crippen LogP) is 5.25. The predicted molar refractivity (Wildman–Crippen MR) is 126 cm³/mol. The first-order valence-electron chi connectivity index (χ1n) is 10.9. The number of likely N-dealkylation sites (N-methyl/N-ethyl adjacent to an activating group) is 1. The number of amides is 1. The minimum Gasteiger partial charge on any atom is -0.293 e. The zero-order valence-electron chi connectivity index (χ0n) is 18.8. The van der Waals surface area contributed by atoms with E-state index in [2.05, 4.69) is 18.2 Å². The molecule has 0 aromatic heterocycles. The van der Waals surface area contributed by atoms with Gasteiger partial charge in [0.15, 0.2) is 0 Å². The Bertz CT molecular complexity index is 1140. The molecule has 5 heteroatoms. The van der Waals surface area contributed by atoms with E-state index < -0.39 is 6.04 Å². The van der Waals surface area contributed by atoms with Crippen molar-refractivity contribution in [3.05, 3.63) is 106 Å². The van der Waals surface area contributed by atoms with E-state index in [1.165, 1.54) is 11.1 Å². The second-order valence-corrected chi connectivity index (χ2v) is 8.50. The van der Waals surface area contributed by atoms with Gasteiger partial charge in [-0.1, -0.05) is 66.2 Å². The molecule has 0 N–H and O–H groups in total. The van der Waals surface area contributed by atoms with Crippen molar-refractivity contribution in [2.75, 3.05) is 13.6 Å². The summed E-state index contributed by atoms with van der Waals surface area (Å²) in [5.41, 5.74) is 5.68. The normalized spacial score (nSPS) is 15.8. The van der Waals surface area contributed by atoms with E-state index in [0.29, 0.717) is 18.5 Å². The Kier molecular flexibility index (Phi) is 6.47. The van der Waals surface area contributed by atoms with Crippen LogP contribution in [0.3, 0.4) is 0 Å². The number of hydrogen-bond acceptors (Lipinski definition) is 3. The van der Waals surface area contributed by atoms with E-state index in [9.17, 15) is 9.18 Å². The third-order valence-electron chi connectivity index (χ3n) is 5.83. The molecule has 4 rings (SSSR count). The van der Waals surface area contributed by atoms with Crippen LogP contribution in [-0.2, 0) is 11.3 Å². The van der Waals surface area contributed by atoms with Crippen LogP contribution in [0.5, 0.6) is 0 Å². The molecule has 0 unspecified atom stereocenters. The number of hydrogen-bond donors (Lipinski definition) is 0. The van der Waals surface area contributed by atoms with Crippen molar-refractivity contribution >= 4 is 11.6 Å². The molecule has 164 valence electrons. The minimum atomic E-state index is -0.455. The fourth-order valence-corrected chi connectivity index (χ4v) is 4.19. The van der Waals surface area contributed by atoms with Crippen LogP contribution >= 0.6 is 0 Å². The van der Waals surface area contributed by atoms with E-state index in [-0.39, 0.29) is 18.3 Å². The molecule has 0 saturated carbocycles. The Hall–Kier alpha value is -3.31. The van der Waals surface area contributed by atoms with Crippen molar-refractivity contribution in [1.29, 1.82) is 0 Å². The fourth-order valence-electron chi connectivity index (χ4n) is 4.19. The minimum absolute atomic E-state index is 0.142. The third-order valence-corrected chi connectivity index (χ3v) is 5.83. The van der Waals surface area contributed by atoms with Gasteiger partial charge in [0.05, 0.1) is 18.3 Å². The highest BCUT2D eigenvalue weighted by atomic mass is 19.1. The largest absolute Gasteiger partial charge is 0.293 e. The maximum Gasteiger partial charge on any atom is 0.257 e. The second-order valence-electron chi connectivity index (χ2n) is 8.50. The number of rotatable bonds is 6. The molecule has 1 aliphatic heterocycles. The molecule has 4 nitrogen and oxygen atoms in total. The summed E-state index contributed by atoms with van der Waals surface area (Å²) < 4.78 is 14.7. The first kappa shape index (κ1) is 21.9. The summed E-state index contributed by atoms with van der Waals surface area (Å²) in [7, 11) is 1.91. The molecule has 0 bridgehead atoms. The lowest BCUT2D eigenvalue weighted by Gasteiger charge is -2.25. The maximum absolute atomic E-state index is 14.7. The van der Waals surface area contributed by atoms with Crippen LogP contribution in [0.1, 0.15) is 40.3 Å². The summed E-state index contributed by atoms with van der Waals surface area (Å²) in [6.07, 6.45) is 0.485. The average molecular weight is 430 g/mol. The van der Waals surface area contributed by atoms with E-state index in [0.717, 1.165) is 28.0 Å². The van der Waals surface area contributed by atoms with Crippen molar-refractivity contribution in [2.24, 2.45) is 5.10 Å². The molecule has 3 aromatic rings. The summed E-state index contributed by atoms with van der Waals surface area (Å²) in [6, 6.07) is 22.4. The van der Waals surface area contributed by atoms with Gasteiger partial charge in [-0.05, 0) is 44.2 Å². The molecule has 32 heavy (non-hydrogen) atoms. The first-order chi connectivity index (χ1) is 15.4. The molecule has 0 fully saturated rings. The van der Waals surface area contributed by atoms with Crippen LogP contribution in [0.2, 0.25) is 0 Å². The number of carbonyl (C=O) groups excluding carboxylic acids is 1. The lowest BCUT2D eigenvalue weighted by atomic mass is 9.95. The molecule has 1 aliphatic rings. The summed E-state index contributed by atoms with van der Waals surface area (Å²) in [5, 5.41) is 6.21. The van der Waals surface area contributed by atoms with Gasteiger partial charge in [-0.25, -0.2) is 9.40 Å². The Balaban J connectivity index is 1.61. The Morgan fingerprint density at radius 2 is 1.78 bits per heavy atom. The Morgan fingerprint density at radius 1 is 1.06 bits per heavy atom. The van der Waals surface area contributed by atoms with Gasteiger partial charge in [-0.3, -0.25) is 9.69 Å². The number of halogens is 1. The summed E-state index contributed by atoms with van der Waals surface area (Å²) >= 11 is 0. The van der Waals surface area contributed by atoms with Gasteiger partial charge in [-0.15, -0.1) is 0 Å². The van der Waals surface area contributed by atoms with Gasteiger partial charge in [0.2, 0.25) is 0 Å². The van der Waals surface area contributed by atoms with Crippen LogP contribution < -0.4 is 0 Å². The van der Waals surface area contributed by atoms with Gasteiger partial charge in [0, 0.05) is 24.1 Å². The molecular formula is C27H28FN3O. The van der Waals surface area contributed by atoms with Gasteiger partial charge in [0.25, 0.3) is 5.91 Å². The monoisotopic (exact) mass is 429 g/mol. The number of benzene rings is 3. The van der Waals surface area contributed by atoms with E-state index >= 15 is 0 Å². The van der Waals surface area contributed by atoms with Crippen LogP contribution in [0.4, 0.5) is 4.39 Å². The summed E-state index contributed by atoms with van der Waals surface area (Å²) in [6.45, 7) is 4.92. The molecule has 1 amide bonds. The number of nitrogens with zero attached hydrogens (tertiary/aromatic N) is 3. The molecule has 0 radical (unpaired) electrons. The SMILES string of the molecule is Cc1ccc(C)c(C2=NN(C(=O)CN(C)Cc3ccccc3)[C@H](c3ccccc3F)C2)c1. The molecule has 0 spiro atoms. The molecule has 1 atom stereocenters. The third kappa shape index (κ3) is 4.78. The van der Waals surface area contributed by atoms with Crippen LogP contribution in [0.25, 0.3) is 0 Å². The number of carbonyl (C=O) groups is 1. The van der Waals surface area contributed by atoms with E-state index in [1.54, 1.807) is 18.2 Å². The molecule has 0 saturated heterocycles. The highest BCUT2D eigenvalue weighted by Gasteiger charge is 2.35. The van der Waals surface area contributed by atoms with Crippen LogP contribution in [-0.4, -0.2) is 35.1 Å². The van der Waals surface area contributed by atoms with E-state index in [1.807, 2.05) is 56.1 Å². The standard InChI is InChI=1S/C27H28FN3O/c1-19-13-14-20(2)23(15-19)25-16-26(22-11-7-8-12-24(22)28)31(29-25)27(32)18-30(3)17-21-9-5-4-6-10-21/h4-15,26H,16-18H2,1-3H3/t26-/m0/s1. The number of hydrazone groups is 1. The molecule has 1 heterocycles. The van der Waals surface area contributed by atoms with Crippen LogP contribution in [0, 0.1) is 19.7 Å². The first-order valence-corrected chi connectivity index (χ1v) is 10.9. The Morgan fingerprint density at radius 3 is 2.53 bits per heavy atom. The smallest absolute Gasteiger partial charge is 0.257 e. The van der Waals surface area contributed by atoms with Crippen molar-refractivity contribution < 1.29 is 9.18 Å². The van der Waals surface area contributed by atoms with Gasteiger partial charge < -0.3 is 0 Å². The van der Waals surface area contributed by atoms with Crippen LogP contribution in [0.15, 0.2) is 77.9 Å². The topological polar surface area (TPSA) is 35.9 Å². The summed E-state index contributed by atoms with van der Waals surface area (Å²) in [5.74, 6) is -0.456. The molecular weight excluding hydrogens is 401 g/mol. The fraction of sp³-hybridized carbons (Fsp3) is 0.259. The second kappa shape index (κ2) is 9.45. The average Bonchev–Trinajstić information content (AvgIpc) is 3.21. The zero-order chi connectivity index (χ0) is 22.7. The van der Waals surface area contributed by atoms with Crippen molar-refractivity contribution in [3.63, 3.8) is 0 Å². The lowest BCUT2D eigenvalue weighted by Crippen LogP contribution is -2.36. The lowest BCUT2D eigenvalue weighted by molar-refractivity contribution is -0.134. The van der Waals surface area contributed by atoms with Crippen molar-refractivity contribution in [2.45, 2.75) is 32.9 Å². The van der Waals surface area contributed by atoms with Gasteiger partial charge in [-0.2, -0.15) is 5.10 Å². The van der Waals surface area contributed by atoms with Crippen molar-refractivity contribution in [1.82, 2.24) is 9.91 Å². The highest BCUT2D eigenvalue weighted by Crippen LogP contribution is 2.35. The highest BCUT2D eigenvalue weighted by molar-refractivity contribution is 6.04. The van der Waals surface area contributed by atoms with Crippen molar-refractivity contribution in [3.8, 4) is 0 Å². The quantitative estimate of drug-likeness (QED) is 0.536. The van der Waals surface area contributed by atoms with E-state index in [4.69, 9.17) is 5.10 Å². The zero-order valence-corrected chi connectivity index (χ0v) is 18.8. The molecule has 0 aliphatic carbocycles.